The van der Waals surface area contributed by atoms with Crippen molar-refractivity contribution in [1.29, 1.82) is 0 Å². The molecule has 106 valence electrons. The van der Waals surface area contributed by atoms with Crippen molar-refractivity contribution >= 4 is 5.91 Å². The fourth-order valence-electron chi connectivity index (χ4n) is 2.74. The van der Waals surface area contributed by atoms with Gasteiger partial charge in [-0.15, -0.1) is 0 Å². The number of rotatable bonds is 7. The minimum atomic E-state index is 0.236. The lowest BCUT2D eigenvalue weighted by atomic mass is 9.81. The van der Waals surface area contributed by atoms with Gasteiger partial charge in [-0.25, -0.2) is 0 Å². The van der Waals surface area contributed by atoms with E-state index in [0.717, 1.165) is 31.3 Å². The molecule has 0 aromatic rings. The molecule has 1 amide bonds. The fourth-order valence-corrected chi connectivity index (χ4v) is 2.74. The van der Waals surface area contributed by atoms with Gasteiger partial charge in [-0.1, -0.05) is 26.2 Å². The molecule has 0 aliphatic heterocycles. The Morgan fingerprint density at radius 3 is 2.33 bits per heavy atom. The van der Waals surface area contributed by atoms with Gasteiger partial charge in [0.25, 0.3) is 0 Å². The van der Waals surface area contributed by atoms with Crippen LogP contribution in [-0.4, -0.2) is 38.0 Å². The summed E-state index contributed by atoms with van der Waals surface area (Å²) in [6, 6.07) is 0. The van der Waals surface area contributed by atoms with Crippen molar-refractivity contribution < 1.29 is 4.79 Å². The summed E-state index contributed by atoms with van der Waals surface area (Å²) in [5, 5.41) is 3.51. The van der Waals surface area contributed by atoms with Crippen LogP contribution in [-0.2, 0) is 4.79 Å². The minimum absolute atomic E-state index is 0.236. The van der Waals surface area contributed by atoms with Crippen LogP contribution in [0.4, 0.5) is 0 Å². The van der Waals surface area contributed by atoms with Gasteiger partial charge < -0.3 is 10.2 Å². The summed E-state index contributed by atoms with van der Waals surface area (Å²) >= 11 is 0. The van der Waals surface area contributed by atoms with Crippen molar-refractivity contribution in [3.05, 3.63) is 0 Å². The summed E-state index contributed by atoms with van der Waals surface area (Å²) in [6.45, 7) is 4.44. The van der Waals surface area contributed by atoms with E-state index >= 15 is 0 Å². The van der Waals surface area contributed by atoms with Gasteiger partial charge in [-0.2, -0.15) is 0 Å². The van der Waals surface area contributed by atoms with Crippen LogP contribution in [0.5, 0.6) is 0 Å². The number of nitrogens with one attached hydrogen (secondary N) is 1. The van der Waals surface area contributed by atoms with E-state index in [2.05, 4.69) is 12.2 Å². The molecular formula is C15H30N2O. The smallest absolute Gasteiger partial charge is 0.222 e. The third-order valence-electron chi connectivity index (χ3n) is 4.22. The summed E-state index contributed by atoms with van der Waals surface area (Å²) in [5.74, 6) is 2.09. The summed E-state index contributed by atoms with van der Waals surface area (Å²) in [4.78, 5) is 13.0. The molecule has 1 rings (SSSR count). The van der Waals surface area contributed by atoms with Crippen LogP contribution < -0.4 is 5.32 Å². The molecule has 0 saturated heterocycles. The zero-order chi connectivity index (χ0) is 13.4. The van der Waals surface area contributed by atoms with Gasteiger partial charge in [0.05, 0.1) is 0 Å². The fraction of sp³-hybridized carbons (Fsp3) is 0.933. The molecular weight excluding hydrogens is 224 g/mol. The van der Waals surface area contributed by atoms with Crippen LogP contribution in [0.1, 0.15) is 51.9 Å². The molecule has 18 heavy (non-hydrogen) atoms. The van der Waals surface area contributed by atoms with Gasteiger partial charge >= 0.3 is 0 Å². The first-order valence-electron chi connectivity index (χ1n) is 7.54. The lowest BCUT2D eigenvalue weighted by Crippen LogP contribution is -2.28. The van der Waals surface area contributed by atoms with Crippen LogP contribution in [0.25, 0.3) is 0 Å². The van der Waals surface area contributed by atoms with Gasteiger partial charge in [0.15, 0.2) is 0 Å². The quantitative estimate of drug-likeness (QED) is 0.708. The molecule has 0 aromatic heterocycles. The summed E-state index contributed by atoms with van der Waals surface area (Å²) in [5.41, 5.74) is 0. The van der Waals surface area contributed by atoms with Crippen LogP contribution >= 0.6 is 0 Å². The third kappa shape index (κ3) is 5.85. The first kappa shape index (κ1) is 15.5. The highest BCUT2D eigenvalue weighted by Gasteiger charge is 2.19. The van der Waals surface area contributed by atoms with Crippen molar-refractivity contribution in [2.24, 2.45) is 11.8 Å². The normalized spacial score (nSPS) is 23.9. The molecule has 1 saturated carbocycles. The topological polar surface area (TPSA) is 32.3 Å². The van der Waals surface area contributed by atoms with Crippen LogP contribution in [0.2, 0.25) is 0 Å². The van der Waals surface area contributed by atoms with Crippen LogP contribution in [0.15, 0.2) is 0 Å². The third-order valence-corrected chi connectivity index (χ3v) is 4.22. The summed E-state index contributed by atoms with van der Waals surface area (Å²) in [6.07, 6.45) is 8.60. The molecule has 1 fully saturated rings. The van der Waals surface area contributed by atoms with E-state index in [9.17, 15) is 4.79 Å². The molecule has 3 heteroatoms. The van der Waals surface area contributed by atoms with Gasteiger partial charge in [-0.05, 0) is 44.2 Å². The first-order valence-corrected chi connectivity index (χ1v) is 7.54. The monoisotopic (exact) mass is 254 g/mol. The second-order valence-electron chi connectivity index (χ2n) is 5.89. The minimum Gasteiger partial charge on any atom is -0.349 e. The molecule has 0 radical (unpaired) electrons. The number of amides is 1. The largest absolute Gasteiger partial charge is 0.349 e. The van der Waals surface area contributed by atoms with E-state index in [1.807, 2.05) is 14.1 Å². The number of hydrogen-bond donors (Lipinski definition) is 1. The molecule has 3 nitrogen and oxygen atoms in total. The maximum Gasteiger partial charge on any atom is 0.222 e. The summed E-state index contributed by atoms with van der Waals surface area (Å²) in [7, 11) is 3.64. The number of hydrogen-bond acceptors (Lipinski definition) is 2. The van der Waals surface area contributed by atoms with Gasteiger partial charge in [0.1, 0.15) is 0 Å². The average molecular weight is 254 g/mol. The van der Waals surface area contributed by atoms with E-state index in [4.69, 9.17) is 0 Å². The predicted octanol–water partition coefficient (Wildman–Crippen LogP) is 2.66. The second-order valence-corrected chi connectivity index (χ2v) is 5.89. The Morgan fingerprint density at radius 1 is 1.17 bits per heavy atom. The highest BCUT2D eigenvalue weighted by atomic mass is 16.2. The zero-order valence-corrected chi connectivity index (χ0v) is 12.4. The number of carbonyl (C=O) groups excluding carboxylic acids is 1. The molecule has 0 bridgehead atoms. The maximum absolute atomic E-state index is 11.4. The highest BCUT2D eigenvalue weighted by Crippen LogP contribution is 2.29. The van der Waals surface area contributed by atoms with E-state index in [1.165, 1.54) is 32.1 Å². The molecule has 0 aromatic carbocycles. The van der Waals surface area contributed by atoms with Crippen molar-refractivity contribution in [3.63, 3.8) is 0 Å². The molecule has 1 N–H and O–H groups in total. The van der Waals surface area contributed by atoms with E-state index < -0.39 is 0 Å². The van der Waals surface area contributed by atoms with Crippen molar-refractivity contribution in [2.75, 3.05) is 27.2 Å². The number of carbonyl (C=O) groups is 1. The Bertz CT molecular complexity index is 233. The standard InChI is InChI=1S/C15H30N2O/c1-4-13-7-9-14(10-8-13)12-16-11-5-6-15(18)17(2)3/h13-14,16H,4-12H2,1-3H3. The van der Waals surface area contributed by atoms with E-state index in [-0.39, 0.29) is 5.91 Å². The lowest BCUT2D eigenvalue weighted by molar-refractivity contribution is -0.128. The molecule has 1 aliphatic rings. The molecule has 0 unspecified atom stereocenters. The Balaban J connectivity index is 1.97. The maximum atomic E-state index is 11.4. The van der Waals surface area contributed by atoms with Gasteiger partial charge in [0, 0.05) is 20.5 Å². The Hall–Kier alpha value is -0.570. The van der Waals surface area contributed by atoms with Gasteiger partial charge in [0.2, 0.25) is 5.91 Å². The molecule has 0 heterocycles. The van der Waals surface area contributed by atoms with Crippen LogP contribution in [0, 0.1) is 11.8 Å². The SMILES string of the molecule is CCC1CCC(CNCCCC(=O)N(C)C)CC1. The first-order chi connectivity index (χ1) is 8.63. The number of nitrogens with zero attached hydrogens (tertiary/aromatic N) is 1. The van der Waals surface area contributed by atoms with Crippen molar-refractivity contribution in [1.82, 2.24) is 10.2 Å². The molecule has 0 atom stereocenters. The van der Waals surface area contributed by atoms with Gasteiger partial charge in [-0.3, -0.25) is 4.79 Å². The zero-order valence-electron chi connectivity index (χ0n) is 12.4. The van der Waals surface area contributed by atoms with Crippen molar-refractivity contribution in [2.45, 2.75) is 51.9 Å². The second kappa shape index (κ2) is 8.52. The Kier molecular flexibility index (Phi) is 7.33. The molecule has 0 spiro atoms. The Morgan fingerprint density at radius 2 is 1.78 bits per heavy atom. The van der Waals surface area contributed by atoms with E-state index in [1.54, 1.807) is 4.90 Å². The highest BCUT2D eigenvalue weighted by molar-refractivity contribution is 5.75. The Labute approximate surface area is 112 Å². The predicted molar refractivity (Wildman–Crippen MR) is 76.5 cm³/mol. The van der Waals surface area contributed by atoms with E-state index in [0.29, 0.717) is 6.42 Å². The van der Waals surface area contributed by atoms with Crippen LogP contribution in [0.3, 0.4) is 0 Å². The van der Waals surface area contributed by atoms with Crippen molar-refractivity contribution in [3.8, 4) is 0 Å². The summed E-state index contributed by atoms with van der Waals surface area (Å²) < 4.78 is 0. The lowest BCUT2D eigenvalue weighted by Gasteiger charge is -2.27. The average Bonchev–Trinajstić information content (AvgIpc) is 2.38. The molecule has 1 aliphatic carbocycles.